The number of aromatic hydroxyl groups is 2. The standard InChI is InChI=1S/C19H14O3S/c20-15-9-5-13(6-10-15)19(14-7-11-16(21)12-8-14)17-3-1-2-4-18(17)23-22-19/h1-12,20-21H. The third kappa shape index (κ3) is 2.19. The van der Waals surface area contributed by atoms with Crippen molar-refractivity contribution >= 4 is 12.0 Å². The van der Waals surface area contributed by atoms with E-state index in [1.807, 2.05) is 42.5 Å². The molecule has 1 heterocycles. The van der Waals surface area contributed by atoms with E-state index in [-0.39, 0.29) is 11.5 Å². The Labute approximate surface area is 138 Å². The highest BCUT2D eigenvalue weighted by Gasteiger charge is 2.44. The van der Waals surface area contributed by atoms with Gasteiger partial charge in [-0.2, -0.15) is 0 Å². The molecule has 0 radical (unpaired) electrons. The molecule has 0 amide bonds. The predicted octanol–water partition coefficient (Wildman–Crippen LogP) is 4.43. The van der Waals surface area contributed by atoms with Crippen LogP contribution in [0.5, 0.6) is 11.5 Å². The minimum atomic E-state index is -0.761. The van der Waals surface area contributed by atoms with Crippen LogP contribution >= 0.6 is 12.0 Å². The zero-order valence-corrected chi connectivity index (χ0v) is 13.0. The molecule has 3 aromatic rings. The van der Waals surface area contributed by atoms with Crippen molar-refractivity contribution in [2.24, 2.45) is 0 Å². The topological polar surface area (TPSA) is 49.7 Å². The minimum Gasteiger partial charge on any atom is -0.508 e. The SMILES string of the molecule is Oc1ccc(C2(c3ccc(O)cc3)OSc3ccccc32)cc1. The number of phenols is 2. The lowest BCUT2D eigenvalue weighted by atomic mass is 9.80. The van der Waals surface area contributed by atoms with Gasteiger partial charge >= 0.3 is 0 Å². The van der Waals surface area contributed by atoms with Crippen LogP contribution in [0.25, 0.3) is 0 Å². The van der Waals surface area contributed by atoms with E-state index >= 15 is 0 Å². The summed E-state index contributed by atoms with van der Waals surface area (Å²) in [5.41, 5.74) is 2.15. The molecule has 114 valence electrons. The summed E-state index contributed by atoms with van der Waals surface area (Å²) in [5.74, 6) is 0.432. The molecule has 3 aromatic carbocycles. The Morgan fingerprint density at radius 2 is 1.22 bits per heavy atom. The van der Waals surface area contributed by atoms with Gasteiger partial charge in [0.1, 0.15) is 11.5 Å². The second-order valence-corrected chi connectivity index (χ2v) is 6.21. The van der Waals surface area contributed by atoms with Gasteiger partial charge in [-0.15, -0.1) is 0 Å². The molecule has 23 heavy (non-hydrogen) atoms. The second kappa shape index (κ2) is 5.33. The van der Waals surface area contributed by atoms with Gasteiger partial charge in [0.2, 0.25) is 0 Å². The van der Waals surface area contributed by atoms with E-state index in [2.05, 4.69) is 6.07 Å². The van der Waals surface area contributed by atoms with Crippen molar-refractivity contribution in [2.45, 2.75) is 10.5 Å². The van der Waals surface area contributed by atoms with Gasteiger partial charge in [0.15, 0.2) is 5.60 Å². The number of hydrogen-bond acceptors (Lipinski definition) is 4. The molecule has 0 saturated heterocycles. The van der Waals surface area contributed by atoms with E-state index in [9.17, 15) is 10.2 Å². The largest absolute Gasteiger partial charge is 0.508 e. The molecular weight excluding hydrogens is 308 g/mol. The predicted molar refractivity (Wildman–Crippen MR) is 89.5 cm³/mol. The van der Waals surface area contributed by atoms with Gasteiger partial charge in [0.25, 0.3) is 0 Å². The van der Waals surface area contributed by atoms with Crippen LogP contribution in [0, 0.1) is 0 Å². The van der Waals surface area contributed by atoms with Crippen molar-refractivity contribution in [3.63, 3.8) is 0 Å². The maximum Gasteiger partial charge on any atom is 0.159 e. The summed E-state index contributed by atoms with van der Waals surface area (Å²) in [6, 6.07) is 22.2. The Kier molecular flexibility index (Phi) is 3.29. The van der Waals surface area contributed by atoms with Crippen LogP contribution < -0.4 is 0 Å². The van der Waals surface area contributed by atoms with E-state index in [0.717, 1.165) is 21.6 Å². The Hall–Kier alpha value is -2.43. The summed E-state index contributed by atoms with van der Waals surface area (Å²) in [6.07, 6.45) is 0. The molecule has 4 rings (SSSR count). The number of fused-ring (bicyclic) bond motifs is 1. The van der Waals surface area contributed by atoms with Crippen LogP contribution in [0.1, 0.15) is 16.7 Å². The Bertz CT molecular complexity index is 796. The molecular formula is C19H14O3S. The molecule has 0 fully saturated rings. The highest BCUT2D eigenvalue weighted by Crippen LogP contribution is 2.53. The van der Waals surface area contributed by atoms with Gasteiger partial charge in [0, 0.05) is 22.5 Å². The number of rotatable bonds is 2. The van der Waals surface area contributed by atoms with E-state index in [1.165, 1.54) is 12.0 Å². The molecule has 0 saturated carbocycles. The number of hydrogen-bond donors (Lipinski definition) is 2. The lowest BCUT2D eigenvalue weighted by Gasteiger charge is -2.29. The molecule has 0 bridgehead atoms. The summed E-state index contributed by atoms with van der Waals surface area (Å²) in [7, 11) is 0. The molecule has 3 nitrogen and oxygen atoms in total. The highest BCUT2D eigenvalue weighted by atomic mass is 32.2. The summed E-state index contributed by atoms with van der Waals surface area (Å²) >= 11 is 1.35. The van der Waals surface area contributed by atoms with Crippen molar-refractivity contribution in [3.8, 4) is 11.5 Å². The average molecular weight is 322 g/mol. The molecule has 0 aromatic heterocycles. The van der Waals surface area contributed by atoms with Gasteiger partial charge < -0.3 is 10.2 Å². The van der Waals surface area contributed by atoms with Gasteiger partial charge in [0.05, 0.1) is 0 Å². The molecule has 1 aliphatic heterocycles. The van der Waals surface area contributed by atoms with Crippen LogP contribution in [-0.2, 0) is 9.78 Å². The van der Waals surface area contributed by atoms with Crippen LogP contribution in [0.3, 0.4) is 0 Å². The van der Waals surface area contributed by atoms with E-state index in [0.29, 0.717) is 0 Å². The first kappa shape index (κ1) is 14.2. The number of phenolic OH excluding ortho intramolecular Hbond substituents is 2. The summed E-state index contributed by atoms with van der Waals surface area (Å²) < 4.78 is 6.22. The minimum absolute atomic E-state index is 0.216. The molecule has 0 unspecified atom stereocenters. The molecule has 4 heteroatoms. The summed E-state index contributed by atoms with van der Waals surface area (Å²) in [6.45, 7) is 0. The maximum absolute atomic E-state index is 9.61. The fourth-order valence-corrected chi connectivity index (χ4v) is 3.88. The van der Waals surface area contributed by atoms with Crippen LogP contribution in [0.4, 0.5) is 0 Å². The van der Waals surface area contributed by atoms with Gasteiger partial charge in [-0.05, 0) is 41.5 Å². The number of benzene rings is 3. The summed E-state index contributed by atoms with van der Waals surface area (Å²) in [5, 5.41) is 19.2. The molecule has 1 aliphatic rings. The lowest BCUT2D eigenvalue weighted by molar-refractivity contribution is 0.204. The van der Waals surface area contributed by atoms with E-state index in [4.69, 9.17) is 4.18 Å². The van der Waals surface area contributed by atoms with Crippen molar-refractivity contribution < 1.29 is 14.4 Å². The van der Waals surface area contributed by atoms with Gasteiger partial charge in [-0.3, -0.25) is 4.18 Å². The van der Waals surface area contributed by atoms with Crippen molar-refractivity contribution in [2.75, 3.05) is 0 Å². The average Bonchev–Trinajstić information content (AvgIpc) is 2.97. The van der Waals surface area contributed by atoms with Crippen molar-refractivity contribution in [1.29, 1.82) is 0 Å². The fourth-order valence-electron chi connectivity index (χ4n) is 2.95. The monoisotopic (exact) mass is 322 g/mol. The van der Waals surface area contributed by atoms with E-state index in [1.54, 1.807) is 24.3 Å². The van der Waals surface area contributed by atoms with Crippen molar-refractivity contribution in [1.82, 2.24) is 0 Å². The van der Waals surface area contributed by atoms with Gasteiger partial charge in [-0.1, -0.05) is 42.5 Å². The smallest absolute Gasteiger partial charge is 0.159 e. The maximum atomic E-state index is 9.61. The molecule has 0 atom stereocenters. The Morgan fingerprint density at radius 3 is 1.78 bits per heavy atom. The van der Waals surface area contributed by atoms with Crippen LogP contribution in [0.2, 0.25) is 0 Å². The zero-order valence-electron chi connectivity index (χ0n) is 12.1. The first-order chi connectivity index (χ1) is 11.2. The van der Waals surface area contributed by atoms with Crippen LogP contribution in [-0.4, -0.2) is 10.2 Å². The Balaban J connectivity index is 1.99. The lowest BCUT2D eigenvalue weighted by Crippen LogP contribution is -2.27. The molecule has 0 spiro atoms. The van der Waals surface area contributed by atoms with E-state index < -0.39 is 5.60 Å². The Morgan fingerprint density at radius 1 is 0.696 bits per heavy atom. The third-order valence-corrected chi connectivity index (χ3v) is 4.94. The summed E-state index contributed by atoms with van der Waals surface area (Å²) in [4.78, 5) is 1.06. The quantitative estimate of drug-likeness (QED) is 0.685. The van der Waals surface area contributed by atoms with Gasteiger partial charge in [-0.25, -0.2) is 0 Å². The zero-order chi connectivity index (χ0) is 15.9. The highest BCUT2D eigenvalue weighted by molar-refractivity contribution is 7.95. The fraction of sp³-hybridized carbons (Fsp3) is 0.0526. The molecule has 0 aliphatic carbocycles. The molecule has 2 N–H and O–H groups in total. The van der Waals surface area contributed by atoms with Crippen molar-refractivity contribution in [3.05, 3.63) is 89.5 Å². The first-order valence-electron chi connectivity index (χ1n) is 7.24. The van der Waals surface area contributed by atoms with Crippen LogP contribution in [0.15, 0.2) is 77.7 Å². The third-order valence-electron chi connectivity index (χ3n) is 4.07. The normalized spacial score (nSPS) is 15.3. The first-order valence-corrected chi connectivity index (χ1v) is 7.98. The second-order valence-electron chi connectivity index (χ2n) is 5.44.